The molecule has 0 unspecified atom stereocenters. The van der Waals surface area contributed by atoms with E-state index in [0.29, 0.717) is 22.8 Å². The lowest BCUT2D eigenvalue weighted by Gasteiger charge is -2.02. The fraction of sp³-hybridized carbons (Fsp3) is 0.118. The number of thiophene rings is 1. The zero-order valence-corrected chi connectivity index (χ0v) is 14.2. The van der Waals surface area contributed by atoms with Crippen LogP contribution in [0.2, 0.25) is 0 Å². The van der Waals surface area contributed by atoms with Crippen molar-refractivity contribution >= 4 is 34.2 Å². The average molecular weight is 356 g/mol. The van der Waals surface area contributed by atoms with Gasteiger partial charge in [-0.15, -0.1) is 11.3 Å². The number of hydrogen-bond acceptors (Lipinski definition) is 5. The largest absolute Gasteiger partial charge is 0.465 e. The first-order valence-corrected chi connectivity index (χ1v) is 8.35. The minimum Gasteiger partial charge on any atom is -0.465 e. The first-order valence-electron chi connectivity index (χ1n) is 7.47. The molecule has 0 aliphatic heterocycles. The summed E-state index contributed by atoms with van der Waals surface area (Å²) in [6, 6.07) is 12.9. The van der Waals surface area contributed by atoms with Crippen molar-refractivity contribution in [1.82, 2.24) is 10.2 Å². The Labute approximate surface area is 148 Å². The number of aromatic amines is 1. The zero-order valence-electron chi connectivity index (χ0n) is 13.4. The molecule has 3 rings (SSSR count). The topological polar surface area (TPSA) is 96.1 Å². The number of nitrogens with zero attached hydrogens (tertiary/aromatic N) is 1. The van der Waals surface area contributed by atoms with E-state index in [1.165, 1.54) is 18.4 Å². The van der Waals surface area contributed by atoms with Crippen molar-refractivity contribution in [1.29, 1.82) is 0 Å². The van der Waals surface area contributed by atoms with Gasteiger partial charge < -0.3 is 4.74 Å². The standard InChI is InChI=1S/C17H16N4O3S/c1-24-16(22)12-8-15(25-10-12)19-17(23)18-14-9-13(20-21-14)7-11-5-3-2-4-6-11/h2-6,8-10H,7H2,1H3,(H3,18,19,20,21,23). The number of methoxy groups -OCH3 is 1. The molecule has 2 heterocycles. The third-order valence-electron chi connectivity index (χ3n) is 3.37. The Morgan fingerprint density at radius 2 is 2.00 bits per heavy atom. The molecule has 3 aromatic rings. The molecule has 2 amide bonds. The lowest BCUT2D eigenvalue weighted by Crippen LogP contribution is -2.19. The van der Waals surface area contributed by atoms with Crippen molar-refractivity contribution in [2.45, 2.75) is 6.42 Å². The van der Waals surface area contributed by atoms with Crippen molar-refractivity contribution in [3.8, 4) is 0 Å². The molecule has 2 aromatic heterocycles. The molecular weight excluding hydrogens is 340 g/mol. The summed E-state index contributed by atoms with van der Waals surface area (Å²) >= 11 is 1.24. The van der Waals surface area contributed by atoms with Crippen LogP contribution >= 0.6 is 11.3 Å². The maximum atomic E-state index is 12.0. The number of aromatic nitrogens is 2. The monoisotopic (exact) mass is 356 g/mol. The van der Waals surface area contributed by atoms with Crippen molar-refractivity contribution in [2.75, 3.05) is 17.7 Å². The predicted octanol–water partition coefficient (Wildman–Crippen LogP) is 3.49. The fourth-order valence-corrected chi connectivity index (χ4v) is 2.98. The number of esters is 1. The molecule has 0 fully saturated rings. The van der Waals surface area contributed by atoms with Crippen LogP contribution in [0, 0.1) is 0 Å². The van der Waals surface area contributed by atoms with Crippen LogP contribution in [0.15, 0.2) is 47.8 Å². The van der Waals surface area contributed by atoms with Gasteiger partial charge in [0.15, 0.2) is 5.82 Å². The van der Waals surface area contributed by atoms with Gasteiger partial charge in [-0.25, -0.2) is 9.59 Å². The molecule has 0 atom stereocenters. The number of anilines is 2. The number of H-pyrrole nitrogens is 1. The number of nitrogens with one attached hydrogen (secondary N) is 3. The van der Waals surface area contributed by atoms with Crippen LogP contribution in [0.5, 0.6) is 0 Å². The maximum Gasteiger partial charge on any atom is 0.338 e. The summed E-state index contributed by atoms with van der Waals surface area (Å²) in [6.07, 6.45) is 0.699. The Hall–Kier alpha value is -3.13. The van der Waals surface area contributed by atoms with E-state index in [1.54, 1.807) is 17.5 Å². The second-order valence-corrected chi connectivity index (χ2v) is 6.12. The molecule has 8 heteroatoms. The Morgan fingerprint density at radius 1 is 1.20 bits per heavy atom. The van der Waals surface area contributed by atoms with Crippen LogP contribution in [-0.4, -0.2) is 29.3 Å². The first-order chi connectivity index (χ1) is 12.1. The highest BCUT2D eigenvalue weighted by atomic mass is 32.1. The molecular formula is C17H16N4O3S. The Balaban J connectivity index is 1.56. The maximum absolute atomic E-state index is 12.0. The quantitative estimate of drug-likeness (QED) is 0.610. The molecule has 0 aliphatic rings. The van der Waals surface area contributed by atoms with Gasteiger partial charge in [0.25, 0.3) is 0 Å². The molecule has 25 heavy (non-hydrogen) atoms. The second kappa shape index (κ2) is 7.63. The van der Waals surface area contributed by atoms with Crippen molar-refractivity contribution in [3.05, 3.63) is 64.7 Å². The van der Waals surface area contributed by atoms with Gasteiger partial charge in [-0.05, 0) is 11.6 Å². The number of rotatable bonds is 5. The number of ether oxygens (including phenoxy) is 1. The predicted molar refractivity (Wildman–Crippen MR) is 96.1 cm³/mol. The third-order valence-corrected chi connectivity index (χ3v) is 4.21. The highest BCUT2D eigenvalue weighted by Gasteiger charge is 2.11. The van der Waals surface area contributed by atoms with E-state index in [-0.39, 0.29) is 0 Å². The summed E-state index contributed by atoms with van der Waals surface area (Å²) in [4.78, 5) is 23.4. The number of carbonyl (C=O) groups is 2. The molecule has 0 spiro atoms. The van der Waals surface area contributed by atoms with Crippen LogP contribution < -0.4 is 10.6 Å². The molecule has 7 nitrogen and oxygen atoms in total. The number of benzene rings is 1. The van der Waals surface area contributed by atoms with Gasteiger partial charge in [-0.1, -0.05) is 30.3 Å². The Kier molecular flexibility index (Phi) is 5.10. The molecule has 0 bridgehead atoms. The van der Waals surface area contributed by atoms with Crippen molar-refractivity contribution < 1.29 is 14.3 Å². The van der Waals surface area contributed by atoms with Gasteiger partial charge in [0.2, 0.25) is 0 Å². The summed E-state index contributed by atoms with van der Waals surface area (Å²) in [5.41, 5.74) is 2.44. The van der Waals surface area contributed by atoms with Gasteiger partial charge in [0.05, 0.1) is 17.7 Å². The number of urea groups is 1. The van der Waals surface area contributed by atoms with Gasteiger partial charge in [0.1, 0.15) is 0 Å². The lowest BCUT2D eigenvalue weighted by molar-refractivity contribution is 0.0601. The van der Waals surface area contributed by atoms with Crippen LogP contribution in [0.4, 0.5) is 15.6 Å². The molecule has 128 valence electrons. The van der Waals surface area contributed by atoms with Crippen LogP contribution in [0.1, 0.15) is 21.6 Å². The number of carbonyl (C=O) groups excluding carboxylic acids is 2. The lowest BCUT2D eigenvalue weighted by atomic mass is 10.1. The second-order valence-electron chi connectivity index (χ2n) is 5.21. The fourth-order valence-electron chi connectivity index (χ4n) is 2.22. The van der Waals surface area contributed by atoms with Crippen LogP contribution in [0.25, 0.3) is 0 Å². The van der Waals surface area contributed by atoms with E-state index < -0.39 is 12.0 Å². The summed E-state index contributed by atoms with van der Waals surface area (Å²) in [5.74, 6) is -0.0178. The first kappa shape index (κ1) is 16.7. The Morgan fingerprint density at radius 3 is 2.76 bits per heavy atom. The van der Waals surface area contributed by atoms with E-state index in [0.717, 1.165) is 11.3 Å². The van der Waals surface area contributed by atoms with E-state index in [2.05, 4.69) is 25.6 Å². The number of amides is 2. The molecule has 0 saturated carbocycles. The molecule has 0 saturated heterocycles. The molecule has 3 N–H and O–H groups in total. The minimum atomic E-state index is -0.442. The smallest absolute Gasteiger partial charge is 0.338 e. The minimum absolute atomic E-state index is 0.396. The van der Waals surface area contributed by atoms with E-state index in [4.69, 9.17) is 0 Å². The molecule has 0 aliphatic carbocycles. The van der Waals surface area contributed by atoms with E-state index >= 15 is 0 Å². The van der Waals surface area contributed by atoms with Crippen LogP contribution in [-0.2, 0) is 11.2 Å². The van der Waals surface area contributed by atoms with Crippen molar-refractivity contribution in [3.63, 3.8) is 0 Å². The SMILES string of the molecule is COC(=O)c1csc(NC(=O)Nc2cc(Cc3ccccc3)[nH]n2)c1. The van der Waals surface area contributed by atoms with Crippen molar-refractivity contribution in [2.24, 2.45) is 0 Å². The summed E-state index contributed by atoms with van der Waals surface area (Å²) in [6.45, 7) is 0. The highest BCUT2D eigenvalue weighted by Crippen LogP contribution is 2.21. The van der Waals surface area contributed by atoms with E-state index in [9.17, 15) is 9.59 Å². The summed E-state index contributed by atoms with van der Waals surface area (Å²) in [7, 11) is 1.31. The van der Waals surface area contributed by atoms with E-state index in [1.807, 2.05) is 30.3 Å². The van der Waals surface area contributed by atoms with Gasteiger partial charge in [-0.2, -0.15) is 5.10 Å². The average Bonchev–Trinajstić information content (AvgIpc) is 3.25. The number of hydrogen-bond donors (Lipinski definition) is 3. The molecule has 0 radical (unpaired) electrons. The summed E-state index contributed by atoms with van der Waals surface area (Å²) in [5, 5.41) is 14.4. The third kappa shape index (κ3) is 4.45. The van der Waals surface area contributed by atoms with Crippen LogP contribution in [0.3, 0.4) is 0 Å². The van der Waals surface area contributed by atoms with Gasteiger partial charge >= 0.3 is 12.0 Å². The Bertz CT molecular complexity index is 873. The highest BCUT2D eigenvalue weighted by molar-refractivity contribution is 7.14. The molecule has 1 aromatic carbocycles. The zero-order chi connectivity index (χ0) is 17.6. The normalized spacial score (nSPS) is 10.3. The van der Waals surface area contributed by atoms with Gasteiger partial charge in [-0.3, -0.25) is 15.7 Å². The summed E-state index contributed by atoms with van der Waals surface area (Å²) < 4.78 is 4.63. The van der Waals surface area contributed by atoms with Gasteiger partial charge in [0, 0.05) is 23.6 Å².